The van der Waals surface area contributed by atoms with Gasteiger partial charge in [-0.1, -0.05) is 72.8 Å². The number of nitrogens with one attached hydrogen (secondary N) is 2. The molecule has 1 heterocycles. The van der Waals surface area contributed by atoms with E-state index in [1.54, 1.807) is 6.92 Å². The molecule has 0 aliphatic carbocycles. The molecule has 2 N–H and O–H groups in total. The van der Waals surface area contributed by atoms with Gasteiger partial charge in [-0.05, 0) is 36.6 Å². The Balaban J connectivity index is 1.59. The number of urea groups is 1. The summed E-state index contributed by atoms with van der Waals surface area (Å²) < 4.78 is 11.7. The summed E-state index contributed by atoms with van der Waals surface area (Å²) in [6, 6.07) is 23.8. The largest absolute Gasteiger partial charge is 0.489 e. The number of esters is 1. The Morgan fingerprint density at radius 3 is 2.36 bits per heavy atom. The van der Waals surface area contributed by atoms with Crippen LogP contribution >= 0.6 is 0 Å². The minimum Gasteiger partial charge on any atom is -0.489 e. The molecule has 0 saturated carbocycles. The quantitative estimate of drug-likeness (QED) is 0.508. The van der Waals surface area contributed by atoms with Gasteiger partial charge in [0.05, 0.1) is 11.6 Å². The Morgan fingerprint density at radius 2 is 1.58 bits per heavy atom. The zero-order chi connectivity index (χ0) is 23.2. The number of aryl methyl sites for hydroxylation is 1. The summed E-state index contributed by atoms with van der Waals surface area (Å²) in [5.41, 5.74) is 4.57. The van der Waals surface area contributed by atoms with Crippen molar-refractivity contribution < 1.29 is 19.1 Å². The second kappa shape index (κ2) is 10.0. The van der Waals surface area contributed by atoms with Gasteiger partial charge in [0, 0.05) is 11.3 Å². The first-order valence-corrected chi connectivity index (χ1v) is 10.8. The van der Waals surface area contributed by atoms with Gasteiger partial charge in [0.2, 0.25) is 0 Å². The van der Waals surface area contributed by atoms with Crippen LogP contribution in [-0.2, 0) is 22.7 Å². The molecule has 1 unspecified atom stereocenters. The zero-order valence-electron chi connectivity index (χ0n) is 18.6. The van der Waals surface area contributed by atoms with E-state index in [1.807, 2.05) is 85.8 Å². The molecule has 4 rings (SSSR count). The fourth-order valence-corrected chi connectivity index (χ4v) is 3.78. The normalized spacial score (nSPS) is 15.5. The highest BCUT2D eigenvalue weighted by atomic mass is 16.5. The van der Waals surface area contributed by atoms with Crippen LogP contribution in [0.15, 0.2) is 90.1 Å². The molecule has 0 saturated heterocycles. The highest BCUT2D eigenvalue weighted by Gasteiger charge is 2.34. The van der Waals surface area contributed by atoms with Gasteiger partial charge in [0.15, 0.2) is 0 Å². The molecule has 6 nitrogen and oxygen atoms in total. The Kier molecular flexibility index (Phi) is 6.74. The number of rotatable bonds is 7. The standard InChI is InChI=1S/C27H26N2O4/c1-18-10-6-7-13-21(18)17-32-23-15-9-8-14-22(23)25-24(19(2)28-27(31)29-25)26(30)33-16-20-11-4-3-5-12-20/h3-15,25H,16-17H2,1-2H3,(H2,28,29,31). The van der Waals surface area contributed by atoms with E-state index in [9.17, 15) is 9.59 Å². The first-order valence-electron chi connectivity index (χ1n) is 10.8. The van der Waals surface area contributed by atoms with E-state index < -0.39 is 12.0 Å². The van der Waals surface area contributed by atoms with Crippen molar-refractivity contribution >= 4 is 12.0 Å². The Bertz CT molecular complexity index is 1190. The van der Waals surface area contributed by atoms with Crippen LogP contribution < -0.4 is 15.4 Å². The fourth-order valence-electron chi connectivity index (χ4n) is 3.78. The van der Waals surface area contributed by atoms with Crippen LogP contribution in [0, 0.1) is 6.92 Å². The van der Waals surface area contributed by atoms with Crippen molar-refractivity contribution in [2.45, 2.75) is 33.1 Å². The summed E-state index contributed by atoms with van der Waals surface area (Å²) in [5, 5.41) is 5.53. The van der Waals surface area contributed by atoms with E-state index >= 15 is 0 Å². The van der Waals surface area contributed by atoms with Crippen LogP contribution in [-0.4, -0.2) is 12.0 Å². The maximum absolute atomic E-state index is 13.1. The number of hydrogen-bond donors (Lipinski definition) is 2. The van der Waals surface area contributed by atoms with Crippen molar-refractivity contribution in [1.29, 1.82) is 0 Å². The number of para-hydroxylation sites is 1. The highest BCUT2D eigenvalue weighted by molar-refractivity contribution is 5.95. The third-order valence-corrected chi connectivity index (χ3v) is 5.58. The smallest absolute Gasteiger partial charge is 0.338 e. The summed E-state index contributed by atoms with van der Waals surface area (Å²) >= 11 is 0. The van der Waals surface area contributed by atoms with Gasteiger partial charge in [0.25, 0.3) is 0 Å². The highest BCUT2D eigenvalue weighted by Crippen LogP contribution is 2.34. The average Bonchev–Trinajstić information content (AvgIpc) is 2.82. The average molecular weight is 443 g/mol. The SMILES string of the molecule is CC1=C(C(=O)OCc2ccccc2)C(c2ccccc2OCc2ccccc2C)NC(=O)N1. The minimum atomic E-state index is -0.699. The fraction of sp³-hybridized carbons (Fsp3) is 0.185. The van der Waals surface area contributed by atoms with E-state index in [4.69, 9.17) is 9.47 Å². The zero-order valence-corrected chi connectivity index (χ0v) is 18.6. The first kappa shape index (κ1) is 22.1. The minimum absolute atomic E-state index is 0.141. The molecule has 6 heteroatoms. The van der Waals surface area contributed by atoms with Crippen molar-refractivity contribution in [3.05, 3.63) is 112 Å². The van der Waals surface area contributed by atoms with Crippen LogP contribution in [0.2, 0.25) is 0 Å². The number of benzene rings is 3. The predicted molar refractivity (Wildman–Crippen MR) is 125 cm³/mol. The molecule has 2 amide bonds. The third-order valence-electron chi connectivity index (χ3n) is 5.58. The van der Waals surface area contributed by atoms with Gasteiger partial charge in [-0.15, -0.1) is 0 Å². The molecule has 0 bridgehead atoms. The number of ether oxygens (including phenoxy) is 2. The Morgan fingerprint density at radius 1 is 0.879 bits per heavy atom. The van der Waals surface area contributed by atoms with Crippen molar-refractivity contribution in [3.8, 4) is 5.75 Å². The maximum Gasteiger partial charge on any atom is 0.338 e. The summed E-state index contributed by atoms with van der Waals surface area (Å²) in [4.78, 5) is 25.4. The van der Waals surface area contributed by atoms with Crippen molar-refractivity contribution in [3.63, 3.8) is 0 Å². The molecule has 3 aromatic carbocycles. The summed E-state index contributed by atoms with van der Waals surface area (Å²) in [5.74, 6) is 0.0941. The van der Waals surface area contributed by atoms with E-state index in [0.29, 0.717) is 29.2 Å². The second-order valence-electron chi connectivity index (χ2n) is 7.88. The van der Waals surface area contributed by atoms with Crippen LogP contribution in [0.5, 0.6) is 5.75 Å². The van der Waals surface area contributed by atoms with Crippen molar-refractivity contribution in [1.82, 2.24) is 10.6 Å². The van der Waals surface area contributed by atoms with E-state index in [0.717, 1.165) is 16.7 Å². The molecule has 1 aliphatic heterocycles. The monoisotopic (exact) mass is 442 g/mol. The lowest BCUT2D eigenvalue weighted by Gasteiger charge is -2.29. The van der Waals surface area contributed by atoms with Crippen molar-refractivity contribution in [2.24, 2.45) is 0 Å². The van der Waals surface area contributed by atoms with E-state index in [2.05, 4.69) is 10.6 Å². The molecule has 3 aromatic rings. The summed E-state index contributed by atoms with van der Waals surface area (Å²) in [6.45, 7) is 4.24. The lowest BCUT2D eigenvalue weighted by molar-refractivity contribution is -0.140. The van der Waals surface area contributed by atoms with Crippen molar-refractivity contribution in [2.75, 3.05) is 0 Å². The molecular weight excluding hydrogens is 416 g/mol. The van der Waals surface area contributed by atoms with Gasteiger partial charge in [0.1, 0.15) is 19.0 Å². The molecule has 0 aromatic heterocycles. The Labute approximate surface area is 193 Å². The third kappa shape index (κ3) is 5.23. The van der Waals surface area contributed by atoms with Crippen LogP contribution in [0.3, 0.4) is 0 Å². The maximum atomic E-state index is 13.1. The number of allylic oxidation sites excluding steroid dienone is 1. The summed E-state index contributed by atoms with van der Waals surface area (Å²) in [6.07, 6.45) is 0. The second-order valence-corrected chi connectivity index (χ2v) is 7.88. The van der Waals surface area contributed by atoms with Crippen LogP contribution in [0.25, 0.3) is 0 Å². The molecular formula is C27H26N2O4. The molecule has 0 radical (unpaired) electrons. The van der Waals surface area contributed by atoms with Gasteiger partial charge in [-0.2, -0.15) is 0 Å². The van der Waals surface area contributed by atoms with E-state index in [1.165, 1.54) is 0 Å². The van der Waals surface area contributed by atoms with Crippen LogP contribution in [0.4, 0.5) is 4.79 Å². The number of hydrogen-bond acceptors (Lipinski definition) is 4. The van der Waals surface area contributed by atoms with Crippen LogP contribution in [0.1, 0.15) is 35.2 Å². The van der Waals surface area contributed by atoms with Gasteiger partial charge in [-0.25, -0.2) is 9.59 Å². The lowest BCUT2D eigenvalue weighted by atomic mass is 9.95. The van der Waals surface area contributed by atoms with Gasteiger partial charge < -0.3 is 20.1 Å². The number of carbonyl (C=O) groups is 2. The van der Waals surface area contributed by atoms with Gasteiger partial charge >= 0.3 is 12.0 Å². The molecule has 0 spiro atoms. The number of amides is 2. The molecule has 33 heavy (non-hydrogen) atoms. The predicted octanol–water partition coefficient (Wildman–Crippen LogP) is 4.95. The van der Waals surface area contributed by atoms with Gasteiger partial charge in [-0.3, -0.25) is 0 Å². The topological polar surface area (TPSA) is 76.7 Å². The lowest BCUT2D eigenvalue weighted by Crippen LogP contribution is -2.45. The molecule has 168 valence electrons. The summed E-state index contributed by atoms with van der Waals surface area (Å²) in [7, 11) is 0. The van der Waals surface area contributed by atoms with E-state index in [-0.39, 0.29) is 12.6 Å². The molecule has 1 aliphatic rings. The Hall–Kier alpha value is -4.06. The molecule has 0 fully saturated rings. The number of carbonyl (C=O) groups excluding carboxylic acids is 2. The first-order chi connectivity index (χ1) is 16.0. The molecule has 1 atom stereocenters.